The summed E-state index contributed by atoms with van der Waals surface area (Å²) in [7, 11) is 0. The van der Waals surface area contributed by atoms with E-state index >= 15 is 0 Å². The summed E-state index contributed by atoms with van der Waals surface area (Å²) in [5.74, 6) is 0.684. The number of rotatable bonds is 4. The van der Waals surface area contributed by atoms with Gasteiger partial charge in [0.25, 0.3) is 0 Å². The molecule has 0 amide bonds. The highest BCUT2D eigenvalue weighted by atomic mass is 32.1. The molecule has 0 fully saturated rings. The summed E-state index contributed by atoms with van der Waals surface area (Å²) >= 11 is 1.62. The van der Waals surface area contributed by atoms with E-state index in [1.807, 2.05) is 53.9 Å². The van der Waals surface area contributed by atoms with Crippen molar-refractivity contribution in [1.29, 1.82) is 5.26 Å². The topological polar surface area (TPSA) is 61.6 Å². The number of hydrogen-bond donors (Lipinski definition) is 1. The van der Waals surface area contributed by atoms with Crippen molar-refractivity contribution in [2.45, 2.75) is 6.54 Å². The zero-order valence-electron chi connectivity index (χ0n) is 11.2. The molecule has 1 aromatic carbocycles. The van der Waals surface area contributed by atoms with Crippen LogP contribution in [0.2, 0.25) is 0 Å². The van der Waals surface area contributed by atoms with Crippen LogP contribution in [0.1, 0.15) is 11.4 Å². The van der Waals surface area contributed by atoms with Gasteiger partial charge in [-0.25, -0.2) is 9.97 Å². The van der Waals surface area contributed by atoms with Crippen molar-refractivity contribution in [3.8, 4) is 16.6 Å². The molecule has 2 heterocycles. The highest BCUT2D eigenvalue weighted by molar-refractivity contribution is 7.13. The first-order valence-corrected chi connectivity index (χ1v) is 7.34. The number of anilines is 1. The molecule has 0 aliphatic rings. The number of thiazole rings is 1. The second-order valence-corrected chi connectivity index (χ2v) is 5.24. The molecular formula is C16H12N4S. The Morgan fingerprint density at radius 2 is 1.90 bits per heavy atom. The molecule has 21 heavy (non-hydrogen) atoms. The fraction of sp³-hybridized carbons (Fsp3) is 0.0625. The maximum absolute atomic E-state index is 8.83. The van der Waals surface area contributed by atoms with Gasteiger partial charge in [-0.1, -0.05) is 36.4 Å². The zero-order valence-corrected chi connectivity index (χ0v) is 12.0. The smallest absolute Gasteiger partial charge is 0.142 e. The molecule has 0 aliphatic heterocycles. The van der Waals surface area contributed by atoms with Crippen LogP contribution in [0.3, 0.4) is 0 Å². The van der Waals surface area contributed by atoms with Crippen molar-refractivity contribution in [2.75, 3.05) is 5.32 Å². The largest absolute Gasteiger partial charge is 0.364 e. The zero-order chi connectivity index (χ0) is 14.5. The van der Waals surface area contributed by atoms with Gasteiger partial charge in [-0.05, 0) is 12.1 Å². The van der Waals surface area contributed by atoms with E-state index in [-0.39, 0.29) is 0 Å². The van der Waals surface area contributed by atoms with Gasteiger partial charge in [-0.3, -0.25) is 0 Å². The van der Waals surface area contributed by atoms with E-state index in [0.29, 0.717) is 18.1 Å². The molecule has 5 heteroatoms. The first kappa shape index (κ1) is 13.3. The van der Waals surface area contributed by atoms with Crippen molar-refractivity contribution in [3.05, 3.63) is 65.3 Å². The van der Waals surface area contributed by atoms with E-state index in [1.54, 1.807) is 17.4 Å². The maximum Gasteiger partial charge on any atom is 0.142 e. The molecule has 0 saturated heterocycles. The third kappa shape index (κ3) is 3.25. The van der Waals surface area contributed by atoms with Gasteiger partial charge in [0.1, 0.15) is 22.6 Å². The van der Waals surface area contributed by atoms with Crippen LogP contribution >= 0.6 is 11.3 Å². The fourth-order valence-electron chi connectivity index (χ4n) is 1.88. The summed E-state index contributed by atoms with van der Waals surface area (Å²) in [5, 5.41) is 15.0. The van der Waals surface area contributed by atoms with Crippen molar-refractivity contribution in [2.24, 2.45) is 0 Å². The van der Waals surface area contributed by atoms with Gasteiger partial charge in [-0.15, -0.1) is 11.3 Å². The van der Waals surface area contributed by atoms with E-state index in [0.717, 1.165) is 16.3 Å². The van der Waals surface area contributed by atoms with E-state index in [2.05, 4.69) is 15.3 Å². The van der Waals surface area contributed by atoms with Gasteiger partial charge in [0, 0.05) is 10.9 Å². The Bertz CT molecular complexity index is 774. The minimum absolute atomic E-state index is 0.406. The minimum atomic E-state index is 0.406. The van der Waals surface area contributed by atoms with E-state index in [9.17, 15) is 0 Å². The predicted octanol–water partition coefficient (Wildman–Crippen LogP) is 3.69. The van der Waals surface area contributed by atoms with Gasteiger partial charge in [-0.2, -0.15) is 5.26 Å². The number of aromatic nitrogens is 2. The molecule has 0 unspecified atom stereocenters. The predicted molar refractivity (Wildman–Crippen MR) is 83.8 cm³/mol. The molecule has 3 rings (SSSR count). The lowest BCUT2D eigenvalue weighted by atomic mass is 10.2. The van der Waals surface area contributed by atoms with Gasteiger partial charge in [0.05, 0.1) is 12.2 Å². The molecule has 102 valence electrons. The molecule has 0 atom stereocenters. The highest BCUT2D eigenvalue weighted by Crippen LogP contribution is 2.23. The molecular weight excluding hydrogens is 280 g/mol. The molecule has 1 N–H and O–H groups in total. The minimum Gasteiger partial charge on any atom is -0.364 e. The summed E-state index contributed by atoms with van der Waals surface area (Å²) in [5.41, 5.74) is 2.49. The second kappa shape index (κ2) is 6.16. The maximum atomic E-state index is 8.83. The summed E-state index contributed by atoms with van der Waals surface area (Å²) < 4.78 is 0. The summed E-state index contributed by atoms with van der Waals surface area (Å²) in [6, 6.07) is 17.5. The Hall–Kier alpha value is -2.71. The van der Waals surface area contributed by atoms with Gasteiger partial charge in [0.2, 0.25) is 0 Å². The second-order valence-electron chi connectivity index (χ2n) is 4.38. The van der Waals surface area contributed by atoms with Crippen LogP contribution in [0, 0.1) is 11.3 Å². The lowest BCUT2D eigenvalue weighted by molar-refractivity contribution is 1.05. The lowest BCUT2D eigenvalue weighted by Crippen LogP contribution is -2.02. The van der Waals surface area contributed by atoms with Crippen LogP contribution in [0.5, 0.6) is 0 Å². The molecule has 0 bridgehead atoms. The van der Waals surface area contributed by atoms with Crippen molar-refractivity contribution in [3.63, 3.8) is 0 Å². The standard InChI is InChI=1S/C16H12N4S/c17-9-13-7-4-8-15(19-13)18-10-14-11-21-16(20-14)12-5-2-1-3-6-12/h1-8,11H,10H2,(H,18,19). The van der Waals surface area contributed by atoms with Crippen LogP contribution in [-0.4, -0.2) is 9.97 Å². The molecule has 4 nitrogen and oxygen atoms in total. The normalized spacial score (nSPS) is 10.0. The molecule has 0 aliphatic carbocycles. The number of nitriles is 1. The van der Waals surface area contributed by atoms with Crippen LogP contribution < -0.4 is 5.32 Å². The fourth-order valence-corrected chi connectivity index (χ4v) is 2.70. The molecule has 0 radical (unpaired) electrons. The Balaban J connectivity index is 1.69. The van der Waals surface area contributed by atoms with Crippen LogP contribution in [-0.2, 0) is 6.54 Å². The SMILES string of the molecule is N#Cc1cccc(NCc2csc(-c3ccccc3)n2)n1. The van der Waals surface area contributed by atoms with E-state index < -0.39 is 0 Å². The lowest BCUT2D eigenvalue weighted by Gasteiger charge is -2.03. The summed E-state index contributed by atoms with van der Waals surface area (Å²) in [6.45, 7) is 0.589. The summed E-state index contributed by atoms with van der Waals surface area (Å²) in [4.78, 5) is 8.78. The first-order valence-electron chi connectivity index (χ1n) is 6.46. The number of nitrogens with zero attached hydrogens (tertiary/aromatic N) is 3. The average molecular weight is 292 g/mol. The highest BCUT2D eigenvalue weighted by Gasteiger charge is 2.04. The monoisotopic (exact) mass is 292 g/mol. The third-order valence-electron chi connectivity index (χ3n) is 2.89. The Labute approximate surface area is 126 Å². The third-order valence-corrected chi connectivity index (χ3v) is 3.83. The Morgan fingerprint density at radius 3 is 2.71 bits per heavy atom. The van der Waals surface area contributed by atoms with Gasteiger partial charge in [0.15, 0.2) is 0 Å². The van der Waals surface area contributed by atoms with Crippen LogP contribution in [0.4, 0.5) is 5.82 Å². The quantitative estimate of drug-likeness (QED) is 0.796. The Kier molecular flexibility index (Phi) is 3.90. The van der Waals surface area contributed by atoms with Crippen molar-refractivity contribution < 1.29 is 0 Å². The molecule has 0 spiro atoms. The number of benzene rings is 1. The average Bonchev–Trinajstić information content (AvgIpc) is 3.03. The number of hydrogen-bond acceptors (Lipinski definition) is 5. The van der Waals surface area contributed by atoms with E-state index in [1.165, 1.54) is 0 Å². The van der Waals surface area contributed by atoms with Crippen molar-refractivity contribution >= 4 is 17.2 Å². The van der Waals surface area contributed by atoms with E-state index in [4.69, 9.17) is 5.26 Å². The number of nitrogens with one attached hydrogen (secondary N) is 1. The van der Waals surface area contributed by atoms with Crippen molar-refractivity contribution in [1.82, 2.24) is 9.97 Å². The number of pyridine rings is 1. The first-order chi connectivity index (χ1) is 10.3. The van der Waals surface area contributed by atoms with Crippen LogP contribution in [0.15, 0.2) is 53.9 Å². The van der Waals surface area contributed by atoms with Crippen LogP contribution in [0.25, 0.3) is 10.6 Å². The molecule has 0 saturated carbocycles. The Morgan fingerprint density at radius 1 is 1.05 bits per heavy atom. The summed E-state index contributed by atoms with van der Waals surface area (Å²) in [6.07, 6.45) is 0. The molecule has 3 aromatic rings. The molecule has 2 aromatic heterocycles. The van der Waals surface area contributed by atoms with Gasteiger partial charge < -0.3 is 5.32 Å². The van der Waals surface area contributed by atoms with Gasteiger partial charge >= 0.3 is 0 Å².